The van der Waals surface area contributed by atoms with E-state index in [1.807, 2.05) is 17.8 Å². The molecule has 1 aliphatic rings. The van der Waals surface area contributed by atoms with E-state index >= 15 is 0 Å². The number of halogens is 1. The highest BCUT2D eigenvalue weighted by molar-refractivity contribution is 8.00. The van der Waals surface area contributed by atoms with E-state index in [-0.39, 0.29) is 11.9 Å². The van der Waals surface area contributed by atoms with Gasteiger partial charge >= 0.3 is 0 Å². The monoisotopic (exact) mass is 239 g/mol. The van der Waals surface area contributed by atoms with Crippen molar-refractivity contribution in [2.24, 2.45) is 0 Å². The van der Waals surface area contributed by atoms with E-state index in [0.29, 0.717) is 11.3 Å². The first-order valence-electron chi connectivity index (χ1n) is 5.84. The van der Waals surface area contributed by atoms with E-state index in [1.165, 1.54) is 6.07 Å². The number of nitrogens with one attached hydrogen (secondary N) is 1. The molecule has 1 fully saturated rings. The SMILES string of the molecule is CCC1CSC(C)C(c2cccc(F)c2)N1. The molecule has 0 spiro atoms. The minimum absolute atomic E-state index is 0.143. The molecule has 0 radical (unpaired) electrons. The molecule has 1 saturated heterocycles. The molecule has 88 valence electrons. The maximum absolute atomic E-state index is 13.2. The van der Waals surface area contributed by atoms with Gasteiger partial charge in [0.25, 0.3) is 0 Å². The lowest BCUT2D eigenvalue weighted by atomic mass is 10.0. The Morgan fingerprint density at radius 2 is 2.31 bits per heavy atom. The predicted octanol–water partition coefficient (Wildman–Crippen LogP) is 3.37. The molecule has 2 rings (SSSR count). The summed E-state index contributed by atoms with van der Waals surface area (Å²) in [6, 6.07) is 7.78. The van der Waals surface area contributed by atoms with Gasteiger partial charge in [-0.05, 0) is 24.1 Å². The normalized spacial score (nSPS) is 30.3. The Balaban J connectivity index is 2.17. The molecule has 1 aromatic carbocycles. The first kappa shape index (κ1) is 11.9. The lowest BCUT2D eigenvalue weighted by Gasteiger charge is -2.35. The van der Waals surface area contributed by atoms with E-state index in [1.54, 1.807) is 12.1 Å². The van der Waals surface area contributed by atoms with Crippen molar-refractivity contribution in [1.82, 2.24) is 5.32 Å². The minimum atomic E-state index is -0.143. The molecule has 1 aromatic rings. The molecule has 0 saturated carbocycles. The molecule has 3 unspecified atom stereocenters. The first-order chi connectivity index (χ1) is 7.70. The summed E-state index contributed by atoms with van der Waals surface area (Å²) in [5, 5.41) is 4.11. The summed E-state index contributed by atoms with van der Waals surface area (Å²) in [7, 11) is 0. The van der Waals surface area contributed by atoms with Crippen molar-refractivity contribution in [2.45, 2.75) is 37.6 Å². The van der Waals surface area contributed by atoms with Gasteiger partial charge in [-0.2, -0.15) is 11.8 Å². The van der Waals surface area contributed by atoms with Gasteiger partial charge in [0, 0.05) is 23.1 Å². The second-order valence-corrected chi connectivity index (χ2v) is 5.75. The van der Waals surface area contributed by atoms with Gasteiger partial charge in [0.05, 0.1) is 0 Å². The van der Waals surface area contributed by atoms with E-state index in [9.17, 15) is 4.39 Å². The Labute approximate surface area is 101 Å². The zero-order chi connectivity index (χ0) is 11.5. The summed E-state index contributed by atoms with van der Waals surface area (Å²) in [4.78, 5) is 0. The lowest BCUT2D eigenvalue weighted by molar-refractivity contribution is 0.431. The fraction of sp³-hybridized carbons (Fsp3) is 0.538. The molecular formula is C13H18FNS. The molecule has 1 aliphatic heterocycles. The van der Waals surface area contributed by atoms with Crippen LogP contribution in [-0.2, 0) is 0 Å². The van der Waals surface area contributed by atoms with Crippen molar-refractivity contribution < 1.29 is 4.39 Å². The summed E-state index contributed by atoms with van der Waals surface area (Å²) in [6.45, 7) is 4.40. The summed E-state index contributed by atoms with van der Waals surface area (Å²) < 4.78 is 13.2. The van der Waals surface area contributed by atoms with Crippen LogP contribution in [0.1, 0.15) is 31.9 Å². The van der Waals surface area contributed by atoms with Gasteiger partial charge in [-0.1, -0.05) is 26.0 Å². The molecular weight excluding hydrogens is 221 g/mol. The van der Waals surface area contributed by atoms with Crippen LogP contribution in [-0.4, -0.2) is 17.0 Å². The highest BCUT2D eigenvalue weighted by atomic mass is 32.2. The quantitative estimate of drug-likeness (QED) is 0.849. The molecule has 16 heavy (non-hydrogen) atoms. The van der Waals surface area contributed by atoms with Crippen molar-refractivity contribution in [2.75, 3.05) is 5.75 Å². The van der Waals surface area contributed by atoms with Gasteiger partial charge in [0.1, 0.15) is 5.82 Å². The zero-order valence-corrected chi connectivity index (χ0v) is 10.6. The molecule has 3 atom stereocenters. The van der Waals surface area contributed by atoms with E-state index < -0.39 is 0 Å². The largest absolute Gasteiger partial charge is 0.305 e. The summed E-state index contributed by atoms with van der Waals surface area (Å²) >= 11 is 1.97. The fourth-order valence-electron chi connectivity index (χ4n) is 2.10. The van der Waals surface area contributed by atoms with Crippen molar-refractivity contribution in [3.05, 3.63) is 35.6 Å². The molecule has 0 aromatic heterocycles. The van der Waals surface area contributed by atoms with E-state index in [4.69, 9.17) is 0 Å². The van der Waals surface area contributed by atoms with Gasteiger partial charge in [0.2, 0.25) is 0 Å². The smallest absolute Gasteiger partial charge is 0.123 e. The summed E-state index contributed by atoms with van der Waals surface area (Å²) in [6.07, 6.45) is 1.13. The minimum Gasteiger partial charge on any atom is -0.305 e. The predicted molar refractivity (Wildman–Crippen MR) is 68.3 cm³/mol. The Kier molecular flexibility index (Phi) is 3.87. The third-order valence-electron chi connectivity index (χ3n) is 3.15. The maximum atomic E-state index is 13.2. The van der Waals surface area contributed by atoms with Crippen LogP contribution in [0.3, 0.4) is 0 Å². The third-order valence-corrected chi connectivity index (χ3v) is 4.54. The highest BCUT2D eigenvalue weighted by Crippen LogP contribution is 2.32. The van der Waals surface area contributed by atoms with Crippen molar-refractivity contribution in [3.63, 3.8) is 0 Å². The topological polar surface area (TPSA) is 12.0 Å². The number of rotatable bonds is 2. The van der Waals surface area contributed by atoms with Gasteiger partial charge in [0.15, 0.2) is 0 Å². The van der Waals surface area contributed by atoms with Crippen molar-refractivity contribution in [3.8, 4) is 0 Å². The van der Waals surface area contributed by atoms with Crippen LogP contribution in [0.5, 0.6) is 0 Å². The highest BCUT2D eigenvalue weighted by Gasteiger charge is 2.27. The van der Waals surface area contributed by atoms with Crippen LogP contribution in [0.4, 0.5) is 4.39 Å². The van der Waals surface area contributed by atoms with Crippen molar-refractivity contribution in [1.29, 1.82) is 0 Å². The molecule has 3 heteroatoms. The van der Waals surface area contributed by atoms with Gasteiger partial charge in [-0.25, -0.2) is 4.39 Å². The molecule has 1 N–H and O–H groups in total. The first-order valence-corrected chi connectivity index (χ1v) is 6.88. The number of hydrogen-bond donors (Lipinski definition) is 1. The second-order valence-electron chi connectivity index (χ2n) is 4.34. The van der Waals surface area contributed by atoms with Crippen LogP contribution < -0.4 is 5.32 Å². The zero-order valence-electron chi connectivity index (χ0n) is 9.74. The molecule has 0 aliphatic carbocycles. The van der Waals surface area contributed by atoms with E-state index in [0.717, 1.165) is 17.7 Å². The van der Waals surface area contributed by atoms with E-state index in [2.05, 4.69) is 19.2 Å². The van der Waals surface area contributed by atoms with Gasteiger partial charge in [-0.15, -0.1) is 0 Å². The fourth-order valence-corrected chi connectivity index (χ4v) is 3.40. The average molecular weight is 239 g/mol. The van der Waals surface area contributed by atoms with Crippen LogP contribution in [0.15, 0.2) is 24.3 Å². The third kappa shape index (κ3) is 2.58. The molecule has 0 bridgehead atoms. The molecule has 1 nitrogen and oxygen atoms in total. The van der Waals surface area contributed by atoms with Gasteiger partial charge in [-0.3, -0.25) is 0 Å². The van der Waals surface area contributed by atoms with Crippen LogP contribution in [0, 0.1) is 5.82 Å². The van der Waals surface area contributed by atoms with Gasteiger partial charge < -0.3 is 5.32 Å². The maximum Gasteiger partial charge on any atom is 0.123 e. The number of thioether (sulfide) groups is 1. The van der Waals surface area contributed by atoms with Crippen LogP contribution in [0.2, 0.25) is 0 Å². The Morgan fingerprint density at radius 3 is 3.00 bits per heavy atom. The lowest BCUT2D eigenvalue weighted by Crippen LogP contribution is -2.43. The molecule has 1 heterocycles. The average Bonchev–Trinajstić information content (AvgIpc) is 2.30. The number of hydrogen-bond acceptors (Lipinski definition) is 2. The summed E-state index contributed by atoms with van der Waals surface area (Å²) in [5.41, 5.74) is 1.07. The second kappa shape index (κ2) is 5.19. The number of benzene rings is 1. The Morgan fingerprint density at radius 1 is 1.50 bits per heavy atom. The summed E-state index contributed by atoms with van der Waals surface area (Å²) in [5.74, 6) is 1.01. The van der Waals surface area contributed by atoms with Crippen molar-refractivity contribution >= 4 is 11.8 Å². The molecule has 0 amide bonds. The standard InChI is InChI=1S/C13H18FNS/c1-3-12-8-16-9(2)13(15-12)10-5-4-6-11(14)7-10/h4-7,9,12-13,15H,3,8H2,1-2H3. The van der Waals surface area contributed by atoms with Crippen LogP contribution >= 0.6 is 11.8 Å². The van der Waals surface area contributed by atoms with Crippen LogP contribution in [0.25, 0.3) is 0 Å². The Hall–Kier alpha value is -0.540. The Bertz CT molecular complexity index is 356.